The molecule has 0 atom stereocenters. The molecule has 0 bridgehead atoms. The number of carbonyl (C=O) groups is 1. The fraction of sp³-hybridized carbons (Fsp3) is 0. The fourth-order valence-corrected chi connectivity index (χ4v) is 2.21. The number of benzene rings is 2. The summed E-state index contributed by atoms with van der Waals surface area (Å²) in [6, 6.07) is 21.5. The van der Waals surface area contributed by atoms with E-state index >= 15 is 0 Å². The lowest BCUT2D eigenvalue weighted by Gasteiger charge is -2.07. The molecular weight excluding hydrogens is 260 g/mol. The highest BCUT2D eigenvalue weighted by Crippen LogP contribution is 2.26. The van der Waals surface area contributed by atoms with E-state index in [9.17, 15) is 4.79 Å². The SMILES string of the molecule is C=C(c1ccccc1)c1ccc(-c2ccc(C=O)o2)cc1. The molecule has 0 aliphatic heterocycles. The Morgan fingerprint density at radius 3 is 2.14 bits per heavy atom. The molecule has 0 radical (unpaired) electrons. The minimum absolute atomic E-state index is 0.336. The number of hydrogen-bond acceptors (Lipinski definition) is 2. The van der Waals surface area contributed by atoms with Crippen LogP contribution in [0.15, 0.2) is 77.7 Å². The van der Waals surface area contributed by atoms with Crippen molar-refractivity contribution in [2.24, 2.45) is 0 Å². The fourth-order valence-electron chi connectivity index (χ4n) is 2.21. The second-order valence-electron chi connectivity index (χ2n) is 4.74. The Kier molecular flexibility index (Phi) is 3.52. The van der Waals surface area contributed by atoms with Crippen molar-refractivity contribution in [2.75, 3.05) is 0 Å². The van der Waals surface area contributed by atoms with Gasteiger partial charge in [-0.2, -0.15) is 0 Å². The summed E-state index contributed by atoms with van der Waals surface area (Å²) in [5, 5.41) is 0. The molecule has 0 spiro atoms. The Balaban J connectivity index is 1.87. The van der Waals surface area contributed by atoms with Crippen LogP contribution in [0.1, 0.15) is 21.7 Å². The lowest BCUT2D eigenvalue weighted by atomic mass is 9.98. The summed E-state index contributed by atoms with van der Waals surface area (Å²) in [6.07, 6.45) is 0.703. The van der Waals surface area contributed by atoms with Crippen molar-refractivity contribution in [1.82, 2.24) is 0 Å². The average Bonchev–Trinajstić information content (AvgIpc) is 3.04. The van der Waals surface area contributed by atoms with Gasteiger partial charge in [0.1, 0.15) is 5.76 Å². The Labute approximate surface area is 123 Å². The van der Waals surface area contributed by atoms with Crippen LogP contribution in [0.25, 0.3) is 16.9 Å². The van der Waals surface area contributed by atoms with Crippen LogP contribution in [-0.4, -0.2) is 6.29 Å². The maximum absolute atomic E-state index is 10.6. The summed E-state index contributed by atoms with van der Waals surface area (Å²) in [5.74, 6) is 1.02. The van der Waals surface area contributed by atoms with Crippen LogP contribution in [0.3, 0.4) is 0 Å². The quantitative estimate of drug-likeness (QED) is 0.638. The Hall–Kier alpha value is -2.87. The number of carbonyl (C=O) groups excluding carboxylic acids is 1. The van der Waals surface area contributed by atoms with E-state index in [4.69, 9.17) is 4.42 Å². The maximum atomic E-state index is 10.6. The van der Waals surface area contributed by atoms with E-state index in [1.807, 2.05) is 54.6 Å². The summed E-state index contributed by atoms with van der Waals surface area (Å²) < 4.78 is 5.41. The van der Waals surface area contributed by atoms with Gasteiger partial charge in [0.2, 0.25) is 0 Å². The first kappa shape index (κ1) is 13.1. The Morgan fingerprint density at radius 1 is 0.857 bits per heavy atom. The monoisotopic (exact) mass is 274 g/mol. The van der Waals surface area contributed by atoms with E-state index in [0.717, 1.165) is 22.3 Å². The van der Waals surface area contributed by atoms with Gasteiger partial charge in [-0.05, 0) is 28.8 Å². The van der Waals surface area contributed by atoms with Crippen LogP contribution >= 0.6 is 0 Å². The molecule has 0 saturated carbocycles. The molecule has 0 fully saturated rings. The number of furan rings is 1. The van der Waals surface area contributed by atoms with Crippen molar-refractivity contribution in [3.05, 3.63) is 90.2 Å². The third-order valence-electron chi connectivity index (χ3n) is 3.38. The molecule has 0 amide bonds. The van der Waals surface area contributed by atoms with Crippen molar-refractivity contribution < 1.29 is 9.21 Å². The smallest absolute Gasteiger partial charge is 0.185 e. The molecule has 0 N–H and O–H groups in total. The highest BCUT2D eigenvalue weighted by atomic mass is 16.3. The number of aldehydes is 1. The van der Waals surface area contributed by atoms with Gasteiger partial charge in [-0.25, -0.2) is 0 Å². The normalized spacial score (nSPS) is 10.3. The first-order valence-corrected chi connectivity index (χ1v) is 6.68. The topological polar surface area (TPSA) is 30.2 Å². The van der Waals surface area contributed by atoms with E-state index in [1.54, 1.807) is 12.1 Å². The molecule has 3 aromatic rings. The highest BCUT2D eigenvalue weighted by molar-refractivity contribution is 5.79. The first-order chi connectivity index (χ1) is 10.3. The predicted molar refractivity (Wildman–Crippen MR) is 84.1 cm³/mol. The van der Waals surface area contributed by atoms with E-state index in [2.05, 4.69) is 6.58 Å². The minimum atomic E-state index is 0.336. The standard InChI is InChI=1S/C19H14O2/c1-14(15-5-3-2-4-6-15)16-7-9-17(10-8-16)19-12-11-18(13-20)21-19/h2-13H,1H2. The lowest BCUT2D eigenvalue weighted by Crippen LogP contribution is -1.85. The van der Waals surface area contributed by atoms with Crippen LogP contribution in [0, 0.1) is 0 Å². The van der Waals surface area contributed by atoms with E-state index in [-0.39, 0.29) is 0 Å². The largest absolute Gasteiger partial charge is 0.453 e. The minimum Gasteiger partial charge on any atom is -0.453 e. The molecule has 21 heavy (non-hydrogen) atoms. The molecule has 2 heteroatoms. The summed E-state index contributed by atoms with van der Waals surface area (Å²) in [6.45, 7) is 4.15. The van der Waals surface area contributed by atoms with E-state index in [1.165, 1.54) is 0 Å². The molecule has 102 valence electrons. The van der Waals surface area contributed by atoms with Gasteiger partial charge in [-0.3, -0.25) is 4.79 Å². The molecule has 1 aromatic heterocycles. The second-order valence-corrected chi connectivity index (χ2v) is 4.74. The van der Waals surface area contributed by atoms with Gasteiger partial charge in [0, 0.05) is 5.56 Å². The summed E-state index contributed by atoms with van der Waals surface area (Å²) in [4.78, 5) is 10.6. The third-order valence-corrected chi connectivity index (χ3v) is 3.38. The molecule has 2 aromatic carbocycles. The van der Waals surface area contributed by atoms with Crippen molar-refractivity contribution in [3.63, 3.8) is 0 Å². The molecule has 0 aliphatic rings. The Morgan fingerprint density at radius 2 is 1.52 bits per heavy atom. The molecule has 0 saturated heterocycles. The molecule has 0 unspecified atom stereocenters. The maximum Gasteiger partial charge on any atom is 0.185 e. The predicted octanol–water partition coefficient (Wildman–Crippen LogP) is 4.82. The summed E-state index contributed by atoms with van der Waals surface area (Å²) in [5.41, 5.74) is 4.08. The van der Waals surface area contributed by atoms with Crippen molar-refractivity contribution >= 4 is 11.9 Å². The first-order valence-electron chi connectivity index (χ1n) is 6.68. The average molecular weight is 274 g/mol. The Bertz CT molecular complexity index is 765. The van der Waals surface area contributed by atoms with Gasteiger partial charge < -0.3 is 4.42 Å². The molecule has 2 nitrogen and oxygen atoms in total. The summed E-state index contributed by atoms with van der Waals surface area (Å²) >= 11 is 0. The van der Waals surface area contributed by atoms with Gasteiger partial charge >= 0.3 is 0 Å². The van der Waals surface area contributed by atoms with Crippen LogP contribution in [-0.2, 0) is 0 Å². The van der Waals surface area contributed by atoms with Gasteiger partial charge in [0.25, 0.3) is 0 Å². The van der Waals surface area contributed by atoms with E-state index in [0.29, 0.717) is 17.8 Å². The third kappa shape index (κ3) is 2.70. The van der Waals surface area contributed by atoms with E-state index < -0.39 is 0 Å². The molecular formula is C19H14O2. The van der Waals surface area contributed by atoms with Gasteiger partial charge in [-0.15, -0.1) is 0 Å². The zero-order chi connectivity index (χ0) is 14.7. The van der Waals surface area contributed by atoms with Gasteiger partial charge in [0.05, 0.1) is 0 Å². The van der Waals surface area contributed by atoms with Crippen molar-refractivity contribution in [2.45, 2.75) is 0 Å². The van der Waals surface area contributed by atoms with Crippen molar-refractivity contribution in [1.29, 1.82) is 0 Å². The second kappa shape index (κ2) is 5.63. The van der Waals surface area contributed by atoms with Crippen molar-refractivity contribution in [3.8, 4) is 11.3 Å². The lowest BCUT2D eigenvalue weighted by molar-refractivity contribution is 0.110. The van der Waals surface area contributed by atoms with Gasteiger partial charge in [-0.1, -0.05) is 61.2 Å². The zero-order valence-corrected chi connectivity index (χ0v) is 11.5. The number of hydrogen-bond donors (Lipinski definition) is 0. The number of rotatable bonds is 4. The van der Waals surface area contributed by atoms with Crippen LogP contribution < -0.4 is 0 Å². The van der Waals surface area contributed by atoms with Gasteiger partial charge in [0.15, 0.2) is 12.0 Å². The highest BCUT2D eigenvalue weighted by Gasteiger charge is 2.06. The summed E-state index contributed by atoms with van der Waals surface area (Å²) in [7, 11) is 0. The van der Waals surface area contributed by atoms with Crippen LogP contribution in [0.5, 0.6) is 0 Å². The molecule has 3 rings (SSSR count). The van der Waals surface area contributed by atoms with Crippen LogP contribution in [0.4, 0.5) is 0 Å². The molecule has 0 aliphatic carbocycles. The van der Waals surface area contributed by atoms with Crippen LogP contribution in [0.2, 0.25) is 0 Å². The zero-order valence-electron chi connectivity index (χ0n) is 11.5. The molecule has 1 heterocycles.